The van der Waals surface area contributed by atoms with Gasteiger partial charge >= 0.3 is 7.12 Å². The van der Waals surface area contributed by atoms with Gasteiger partial charge in [-0.15, -0.1) is 0 Å². The van der Waals surface area contributed by atoms with Crippen LogP contribution in [0.5, 0.6) is 0 Å². The minimum Gasteiger partial charge on any atom is -0.423 e. The summed E-state index contributed by atoms with van der Waals surface area (Å²) >= 11 is 0. The van der Waals surface area contributed by atoms with Crippen molar-refractivity contribution in [1.82, 2.24) is 4.98 Å². The largest absolute Gasteiger partial charge is 0.488 e. The minimum atomic E-state index is -1.45. The molecule has 21 heavy (non-hydrogen) atoms. The summed E-state index contributed by atoms with van der Waals surface area (Å²) in [7, 11) is -1.45. The fourth-order valence-electron chi connectivity index (χ4n) is 2.27. The average Bonchev–Trinajstić information content (AvgIpc) is 2.56. The minimum absolute atomic E-state index is 0.482. The second-order valence-corrected chi connectivity index (χ2v) is 4.79. The lowest BCUT2D eigenvalue weighted by Crippen LogP contribution is -2.29. The maximum absolute atomic E-state index is 9.27. The molecule has 3 aromatic rings. The first-order chi connectivity index (χ1) is 10.2. The van der Waals surface area contributed by atoms with Gasteiger partial charge in [0.1, 0.15) is 0 Å². The molecule has 0 saturated carbocycles. The lowest BCUT2D eigenvalue weighted by Gasteiger charge is -2.07. The van der Waals surface area contributed by atoms with Crippen LogP contribution in [0.4, 0.5) is 0 Å². The molecular weight excluding hydrogens is 261 g/mol. The molecule has 0 aliphatic heterocycles. The predicted molar refractivity (Wildman–Crippen MR) is 84.9 cm³/mol. The van der Waals surface area contributed by atoms with Gasteiger partial charge in [0.25, 0.3) is 0 Å². The zero-order chi connectivity index (χ0) is 14.7. The summed E-state index contributed by atoms with van der Waals surface area (Å²) in [5.41, 5.74) is 4.38. The first kappa shape index (κ1) is 13.6. The summed E-state index contributed by atoms with van der Waals surface area (Å²) in [6, 6.07) is 21.1. The number of hydrogen-bond acceptors (Lipinski definition) is 3. The van der Waals surface area contributed by atoms with E-state index in [1.807, 2.05) is 54.6 Å². The van der Waals surface area contributed by atoms with Crippen molar-refractivity contribution in [3.8, 4) is 22.4 Å². The van der Waals surface area contributed by atoms with Crippen LogP contribution in [-0.4, -0.2) is 22.2 Å². The zero-order valence-corrected chi connectivity index (χ0v) is 11.3. The summed E-state index contributed by atoms with van der Waals surface area (Å²) in [6.07, 6.45) is 1.77. The third-order valence-electron chi connectivity index (χ3n) is 3.34. The Labute approximate surface area is 123 Å². The normalized spacial score (nSPS) is 10.4. The zero-order valence-electron chi connectivity index (χ0n) is 11.3. The summed E-state index contributed by atoms with van der Waals surface area (Å²) in [5.74, 6) is 0. The van der Waals surface area contributed by atoms with Gasteiger partial charge < -0.3 is 10.0 Å². The highest BCUT2D eigenvalue weighted by atomic mass is 16.4. The molecule has 0 aliphatic rings. The Morgan fingerprint density at radius 2 is 1.43 bits per heavy atom. The van der Waals surface area contributed by atoms with Gasteiger partial charge in [-0.2, -0.15) is 0 Å². The molecule has 0 amide bonds. The highest BCUT2D eigenvalue weighted by Crippen LogP contribution is 2.24. The molecule has 3 nitrogen and oxygen atoms in total. The number of benzene rings is 2. The van der Waals surface area contributed by atoms with E-state index < -0.39 is 7.12 Å². The van der Waals surface area contributed by atoms with E-state index in [9.17, 15) is 10.0 Å². The molecule has 2 aromatic carbocycles. The Balaban J connectivity index is 2.02. The van der Waals surface area contributed by atoms with Gasteiger partial charge in [0.05, 0.1) is 5.69 Å². The van der Waals surface area contributed by atoms with Crippen LogP contribution in [0.2, 0.25) is 0 Å². The average molecular weight is 275 g/mol. The van der Waals surface area contributed by atoms with E-state index >= 15 is 0 Å². The van der Waals surface area contributed by atoms with Crippen molar-refractivity contribution in [2.45, 2.75) is 0 Å². The SMILES string of the molecule is OB(O)c1cccc(-c2cccc(-c3ccccn3)c2)c1. The van der Waals surface area contributed by atoms with Gasteiger partial charge in [-0.25, -0.2) is 0 Å². The Hall–Kier alpha value is -2.43. The molecule has 2 N–H and O–H groups in total. The van der Waals surface area contributed by atoms with Crippen molar-refractivity contribution in [1.29, 1.82) is 0 Å². The summed E-state index contributed by atoms with van der Waals surface area (Å²) in [5, 5.41) is 18.5. The highest BCUT2D eigenvalue weighted by molar-refractivity contribution is 6.58. The molecule has 0 radical (unpaired) electrons. The summed E-state index contributed by atoms with van der Waals surface area (Å²) in [4.78, 5) is 4.35. The maximum Gasteiger partial charge on any atom is 0.488 e. The number of aromatic nitrogens is 1. The highest BCUT2D eigenvalue weighted by Gasteiger charge is 2.11. The monoisotopic (exact) mass is 275 g/mol. The van der Waals surface area contributed by atoms with Crippen LogP contribution in [0, 0.1) is 0 Å². The molecule has 0 unspecified atom stereocenters. The molecule has 3 rings (SSSR count). The smallest absolute Gasteiger partial charge is 0.423 e. The number of pyridine rings is 1. The van der Waals surface area contributed by atoms with Gasteiger partial charge in [0, 0.05) is 11.8 Å². The molecule has 0 bridgehead atoms. The molecule has 1 aromatic heterocycles. The fraction of sp³-hybridized carbons (Fsp3) is 0. The van der Waals surface area contributed by atoms with Gasteiger partial charge in [-0.1, -0.05) is 48.5 Å². The lowest BCUT2D eigenvalue weighted by atomic mass is 9.79. The van der Waals surface area contributed by atoms with Crippen LogP contribution in [0.1, 0.15) is 0 Å². The molecule has 1 heterocycles. The van der Waals surface area contributed by atoms with Gasteiger partial charge in [-0.05, 0) is 34.8 Å². The van der Waals surface area contributed by atoms with Crippen molar-refractivity contribution in [3.63, 3.8) is 0 Å². The van der Waals surface area contributed by atoms with Gasteiger partial charge in [0.15, 0.2) is 0 Å². The Morgan fingerprint density at radius 1 is 0.714 bits per heavy atom. The lowest BCUT2D eigenvalue weighted by molar-refractivity contribution is 0.426. The van der Waals surface area contributed by atoms with Crippen LogP contribution >= 0.6 is 0 Å². The first-order valence-electron chi connectivity index (χ1n) is 6.72. The van der Waals surface area contributed by atoms with E-state index in [4.69, 9.17) is 0 Å². The quantitative estimate of drug-likeness (QED) is 0.720. The van der Waals surface area contributed by atoms with Crippen LogP contribution < -0.4 is 5.46 Å². The Kier molecular flexibility index (Phi) is 3.82. The molecule has 0 spiro atoms. The van der Waals surface area contributed by atoms with Gasteiger partial charge in [0.2, 0.25) is 0 Å². The standard InChI is InChI=1S/C17H14BNO2/c20-18(21)16-8-4-6-14(12-16)13-5-3-7-15(11-13)17-9-1-2-10-19-17/h1-12,20-21H. The number of rotatable bonds is 3. The van der Waals surface area contributed by atoms with Crippen molar-refractivity contribution < 1.29 is 10.0 Å². The van der Waals surface area contributed by atoms with Crippen molar-refractivity contribution in [2.75, 3.05) is 0 Å². The van der Waals surface area contributed by atoms with E-state index in [2.05, 4.69) is 4.98 Å². The van der Waals surface area contributed by atoms with E-state index in [-0.39, 0.29) is 0 Å². The third-order valence-corrected chi connectivity index (χ3v) is 3.34. The maximum atomic E-state index is 9.27. The molecule has 0 fully saturated rings. The first-order valence-corrected chi connectivity index (χ1v) is 6.72. The molecule has 4 heteroatoms. The molecular formula is C17H14BNO2. The second kappa shape index (κ2) is 5.91. The number of nitrogens with zero attached hydrogens (tertiary/aromatic N) is 1. The second-order valence-electron chi connectivity index (χ2n) is 4.79. The van der Waals surface area contributed by atoms with Crippen molar-refractivity contribution >= 4 is 12.6 Å². The predicted octanol–water partition coefficient (Wildman–Crippen LogP) is 2.10. The van der Waals surface area contributed by atoms with E-state index in [0.29, 0.717) is 5.46 Å². The topological polar surface area (TPSA) is 53.4 Å². The third kappa shape index (κ3) is 3.02. The van der Waals surface area contributed by atoms with Crippen molar-refractivity contribution in [3.05, 3.63) is 72.9 Å². The summed E-state index contributed by atoms with van der Waals surface area (Å²) < 4.78 is 0. The van der Waals surface area contributed by atoms with Crippen LogP contribution in [0.3, 0.4) is 0 Å². The Morgan fingerprint density at radius 3 is 2.14 bits per heavy atom. The van der Waals surface area contributed by atoms with E-state index in [0.717, 1.165) is 22.4 Å². The van der Waals surface area contributed by atoms with Gasteiger partial charge in [-0.3, -0.25) is 4.98 Å². The van der Waals surface area contributed by atoms with E-state index in [1.165, 1.54) is 0 Å². The fourth-order valence-corrected chi connectivity index (χ4v) is 2.27. The van der Waals surface area contributed by atoms with E-state index in [1.54, 1.807) is 18.3 Å². The van der Waals surface area contributed by atoms with Crippen LogP contribution in [0.25, 0.3) is 22.4 Å². The van der Waals surface area contributed by atoms with Crippen LogP contribution in [0.15, 0.2) is 72.9 Å². The Bertz CT molecular complexity index is 745. The van der Waals surface area contributed by atoms with Crippen molar-refractivity contribution in [2.24, 2.45) is 0 Å². The molecule has 0 atom stereocenters. The number of hydrogen-bond donors (Lipinski definition) is 2. The molecule has 0 saturated heterocycles. The summed E-state index contributed by atoms with van der Waals surface area (Å²) in [6.45, 7) is 0. The molecule has 102 valence electrons. The van der Waals surface area contributed by atoms with Crippen LogP contribution in [-0.2, 0) is 0 Å². The molecule has 0 aliphatic carbocycles.